The van der Waals surface area contributed by atoms with Crippen LogP contribution < -0.4 is 4.31 Å². The summed E-state index contributed by atoms with van der Waals surface area (Å²) >= 11 is 5.41. The number of anilines is 1. The molecule has 1 nitrogen and oxygen atoms in total. The fourth-order valence-corrected chi connectivity index (χ4v) is 4.17. The van der Waals surface area contributed by atoms with E-state index in [4.69, 9.17) is 0 Å². The van der Waals surface area contributed by atoms with E-state index in [0.29, 0.717) is 6.04 Å². The van der Waals surface area contributed by atoms with Crippen molar-refractivity contribution in [1.29, 1.82) is 0 Å². The minimum atomic E-state index is 0.553. The second-order valence-electron chi connectivity index (χ2n) is 4.38. The molecule has 88 valence electrons. The van der Waals surface area contributed by atoms with E-state index in [1.54, 1.807) is 0 Å². The Labute approximate surface area is 114 Å². The Morgan fingerprint density at radius 1 is 1.24 bits per heavy atom. The fourth-order valence-electron chi connectivity index (χ4n) is 2.30. The number of halogens is 1. The van der Waals surface area contributed by atoms with Gasteiger partial charge < -0.3 is 4.31 Å². The lowest BCUT2D eigenvalue weighted by molar-refractivity contribution is 0.733. The number of alkyl halides is 1. The van der Waals surface area contributed by atoms with Gasteiger partial charge in [0.1, 0.15) is 0 Å². The van der Waals surface area contributed by atoms with Crippen LogP contribution in [0.1, 0.15) is 13.3 Å². The number of benzene rings is 2. The minimum absolute atomic E-state index is 0.553. The molecule has 1 heterocycles. The van der Waals surface area contributed by atoms with Crippen LogP contribution in [0, 0.1) is 0 Å². The standard InChI is InChI=1S/C14H14BrNS/c1-10(8-9-15)16-12-6-2-4-11-5-3-7-13(17-16)14(11)12/h2-7,10H,8-9H2,1H3. The Morgan fingerprint density at radius 3 is 2.76 bits per heavy atom. The summed E-state index contributed by atoms with van der Waals surface area (Å²) in [4.78, 5) is 1.39. The quantitative estimate of drug-likeness (QED) is 0.589. The van der Waals surface area contributed by atoms with Crippen molar-refractivity contribution >= 4 is 44.3 Å². The molecule has 3 rings (SSSR count). The molecule has 1 aliphatic heterocycles. The van der Waals surface area contributed by atoms with Gasteiger partial charge in [0, 0.05) is 21.7 Å². The molecule has 1 aliphatic rings. The van der Waals surface area contributed by atoms with Crippen LogP contribution in [0.25, 0.3) is 10.8 Å². The third-order valence-electron chi connectivity index (χ3n) is 3.21. The third-order valence-corrected chi connectivity index (χ3v) is 4.95. The zero-order valence-corrected chi connectivity index (χ0v) is 12.1. The first kappa shape index (κ1) is 11.4. The van der Waals surface area contributed by atoms with Crippen LogP contribution in [-0.2, 0) is 0 Å². The van der Waals surface area contributed by atoms with Crippen molar-refractivity contribution in [3.05, 3.63) is 36.4 Å². The first-order chi connectivity index (χ1) is 8.31. The SMILES string of the molecule is CC(CCBr)N1Sc2cccc3cccc1c23. The molecule has 0 radical (unpaired) electrons. The van der Waals surface area contributed by atoms with Gasteiger partial charge in [-0.15, -0.1) is 0 Å². The smallest absolute Gasteiger partial charge is 0.0566 e. The van der Waals surface area contributed by atoms with Crippen molar-refractivity contribution < 1.29 is 0 Å². The van der Waals surface area contributed by atoms with Crippen molar-refractivity contribution in [1.82, 2.24) is 0 Å². The van der Waals surface area contributed by atoms with Gasteiger partial charge in [0.05, 0.1) is 5.69 Å². The number of nitrogens with zero attached hydrogens (tertiary/aromatic N) is 1. The topological polar surface area (TPSA) is 3.24 Å². The van der Waals surface area contributed by atoms with Crippen LogP contribution in [-0.4, -0.2) is 11.4 Å². The summed E-state index contributed by atoms with van der Waals surface area (Å²) in [6.07, 6.45) is 1.16. The van der Waals surface area contributed by atoms with Crippen molar-refractivity contribution in [3.8, 4) is 0 Å². The lowest BCUT2D eigenvalue weighted by atomic mass is 10.1. The molecule has 0 N–H and O–H groups in total. The summed E-state index contributed by atoms with van der Waals surface area (Å²) in [5.74, 6) is 0. The van der Waals surface area contributed by atoms with Crippen molar-refractivity contribution in [2.45, 2.75) is 24.3 Å². The maximum atomic E-state index is 3.53. The lowest BCUT2D eigenvalue weighted by Gasteiger charge is -2.25. The highest BCUT2D eigenvalue weighted by Crippen LogP contribution is 2.47. The molecule has 0 amide bonds. The van der Waals surface area contributed by atoms with E-state index in [0.717, 1.165) is 11.8 Å². The highest BCUT2D eigenvalue weighted by Gasteiger charge is 2.25. The lowest BCUT2D eigenvalue weighted by Crippen LogP contribution is -2.24. The first-order valence-electron chi connectivity index (χ1n) is 5.86. The normalized spacial score (nSPS) is 15.5. The zero-order chi connectivity index (χ0) is 11.8. The van der Waals surface area contributed by atoms with Crippen LogP contribution in [0.5, 0.6) is 0 Å². The molecule has 2 aromatic carbocycles. The monoisotopic (exact) mass is 307 g/mol. The van der Waals surface area contributed by atoms with Gasteiger partial charge in [0.15, 0.2) is 0 Å². The van der Waals surface area contributed by atoms with E-state index in [1.807, 2.05) is 11.9 Å². The molecule has 0 saturated carbocycles. The average Bonchev–Trinajstić information content (AvgIpc) is 2.72. The Balaban J connectivity index is 2.09. The van der Waals surface area contributed by atoms with Gasteiger partial charge >= 0.3 is 0 Å². The summed E-state index contributed by atoms with van der Waals surface area (Å²) in [5, 5.41) is 3.82. The maximum Gasteiger partial charge on any atom is 0.0566 e. The molecule has 0 aromatic heterocycles. The number of hydrogen-bond donors (Lipinski definition) is 0. The van der Waals surface area contributed by atoms with Gasteiger partial charge in [0.2, 0.25) is 0 Å². The van der Waals surface area contributed by atoms with E-state index in [-0.39, 0.29) is 0 Å². The molecule has 3 heteroatoms. The Hall–Kier alpha value is -0.670. The van der Waals surface area contributed by atoms with Crippen LogP contribution >= 0.6 is 27.9 Å². The second-order valence-corrected chi connectivity index (χ2v) is 6.18. The van der Waals surface area contributed by atoms with E-state index < -0.39 is 0 Å². The summed E-state index contributed by atoms with van der Waals surface area (Å²) in [6.45, 7) is 2.29. The molecular formula is C14H14BrNS. The predicted molar refractivity (Wildman–Crippen MR) is 80.2 cm³/mol. The highest BCUT2D eigenvalue weighted by molar-refractivity contribution is 9.09. The van der Waals surface area contributed by atoms with E-state index in [2.05, 4.69) is 63.6 Å². The largest absolute Gasteiger partial charge is 0.309 e. The summed E-state index contributed by atoms with van der Waals surface area (Å²) in [7, 11) is 0. The minimum Gasteiger partial charge on any atom is -0.309 e. The van der Waals surface area contributed by atoms with Gasteiger partial charge in [0.25, 0.3) is 0 Å². The van der Waals surface area contributed by atoms with Crippen LogP contribution in [0.2, 0.25) is 0 Å². The molecule has 0 spiro atoms. The average molecular weight is 308 g/mol. The van der Waals surface area contributed by atoms with E-state index in [9.17, 15) is 0 Å². The number of rotatable bonds is 3. The predicted octanol–water partition coefficient (Wildman–Crippen LogP) is 4.84. The zero-order valence-electron chi connectivity index (χ0n) is 9.69. The van der Waals surface area contributed by atoms with Gasteiger partial charge in [-0.05, 0) is 42.8 Å². The van der Waals surface area contributed by atoms with E-state index >= 15 is 0 Å². The molecule has 0 bridgehead atoms. The Morgan fingerprint density at radius 2 is 2.00 bits per heavy atom. The Kier molecular flexibility index (Phi) is 3.05. The van der Waals surface area contributed by atoms with Gasteiger partial charge in [-0.2, -0.15) is 0 Å². The number of hydrogen-bond acceptors (Lipinski definition) is 2. The summed E-state index contributed by atoms with van der Waals surface area (Å²) in [5.41, 5.74) is 1.37. The van der Waals surface area contributed by atoms with Gasteiger partial charge in [-0.25, -0.2) is 0 Å². The van der Waals surface area contributed by atoms with Crippen LogP contribution in [0.15, 0.2) is 41.3 Å². The van der Waals surface area contributed by atoms with Crippen LogP contribution in [0.4, 0.5) is 5.69 Å². The molecular weight excluding hydrogens is 294 g/mol. The fraction of sp³-hybridized carbons (Fsp3) is 0.286. The van der Waals surface area contributed by atoms with Crippen molar-refractivity contribution in [3.63, 3.8) is 0 Å². The van der Waals surface area contributed by atoms with E-state index in [1.165, 1.54) is 21.4 Å². The molecule has 17 heavy (non-hydrogen) atoms. The summed E-state index contributed by atoms with van der Waals surface area (Å²) in [6, 6.07) is 13.7. The van der Waals surface area contributed by atoms with Crippen molar-refractivity contribution in [2.75, 3.05) is 9.64 Å². The molecule has 0 fully saturated rings. The summed E-state index contributed by atoms with van der Waals surface area (Å²) < 4.78 is 2.44. The molecule has 0 saturated heterocycles. The third kappa shape index (κ3) is 1.85. The second kappa shape index (κ2) is 4.54. The maximum absolute atomic E-state index is 3.53. The molecule has 0 aliphatic carbocycles. The van der Waals surface area contributed by atoms with Crippen molar-refractivity contribution in [2.24, 2.45) is 0 Å². The van der Waals surface area contributed by atoms with Crippen LogP contribution in [0.3, 0.4) is 0 Å². The molecule has 1 atom stereocenters. The van der Waals surface area contributed by atoms with Gasteiger partial charge in [-0.1, -0.05) is 40.2 Å². The van der Waals surface area contributed by atoms with Gasteiger partial charge in [-0.3, -0.25) is 0 Å². The highest BCUT2D eigenvalue weighted by atomic mass is 79.9. The molecule has 2 aromatic rings. The Bertz CT molecular complexity index is 550. The first-order valence-corrected chi connectivity index (χ1v) is 7.75. The molecule has 1 unspecified atom stereocenters.